The maximum Gasteiger partial charge on any atom is 0.292 e. The predicted molar refractivity (Wildman–Crippen MR) is 68.2 cm³/mol. The highest BCUT2D eigenvalue weighted by Crippen LogP contribution is 2.35. The molecule has 2 rings (SSSR count). The lowest BCUT2D eigenvalue weighted by atomic mass is 10.1. The van der Waals surface area contributed by atoms with Gasteiger partial charge in [-0.05, 0) is 31.4 Å². The van der Waals surface area contributed by atoms with Gasteiger partial charge in [0.05, 0.1) is 16.6 Å². The smallest absolute Gasteiger partial charge is 0.292 e. The lowest BCUT2D eigenvalue weighted by Gasteiger charge is -2.14. The number of hydrogen-bond acceptors (Lipinski definition) is 4. The van der Waals surface area contributed by atoms with Crippen molar-refractivity contribution >= 4 is 11.4 Å². The van der Waals surface area contributed by atoms with E-state index >= 15 is 0 Å². The molecule has 1 fully saturated rings. The molecule has 5 heteroatoms. The van der Waals surface area contributed by atoms with Gasteiger partial charge in [-0.25, -0.2) is 0 Å². The van der Waals surface area contributed by atoms with Crippen LogP contribution in [0, 0.1) is 27.4 Å². The molecule has 1 aliphatic rings. The number of nitrogens with one attached hydrogen (secondary N) is 1. The maximum absolute atomic E-state index is 10.9. The molecule has 1 aromatic carbocycles. The molecular weight excluding hydrogens is 230 g/mol. The van der Waals surface area contributed by atoms with Crippen LogP contribution in [0.1, 0.15) is 31.7 Å². The summed E-state index contributed by atoms with van der Waals surface area (Å²) in [7, 11) is 0. The first-order valence-electron chi connectivity index (χ1n) is 6.05. The number of nitriles is 1. The number of nitro benzene ring substituents is 1. The van der Waals surface area contributed by atoms with Crippen LogP contribution in [0.2, 0.25) is 0 Å². The van der Waals surface area contributed by atoms with Gasteiger partial charge in [-0.2, -0.15) is 5.26 Å². The Labute approximate surface area is 106 Å². The molecule has 5 nitrogen and oxygen atoms in total. The van der Waals surface area contributed by atoms with Gasteiger partial charge in [0.2, 0.25) is 0 Å². The summed E-state index contributed by atoms with van der Waals surface area (Å²) in [5.41, 5.74) is 0.894. The van der Waals surface area contributed by atoms with Crippen LogP contribution in [-0.4, -0.2) is 11.0 Å². The summed E-state index contributed by atoms with van der Waals surface area (Å²) < 4.78 is 0. The molecule has 0 amide bonds. The molecule has 0 aliphatic heterocycles. The van der Waals surface area contributed by atoms with E-state index in [2.05, 4.69) is 5.32 Å². The van der Waals surface area contributed by atoms with E-state index in [1.807, 2.05) is 13.0 Å². The molecule has 0 heterocycles. The largest absolute Gasteiger partial charge is 0.377 e. The average molecular weight is 245 g/mol. The van der Waals surface area contributed by atoms with Gasteiger partial charge in [0.25, 0.3) is 5.69 Å². The quantitative estimate of drug-likeness (QED) is 0.638. The van der Waals surface area contributed by atoms with Crippen LogP contribution in [-0.2, 0) is 0 Å². The van der Waals surface area contributed by atoms with Gasteiger partial charge in [-0.15, -0.1) is 0 Å². The van der Waals surface area contributed by atoms with E-state index in [4.69, 9.17) is 5.26 Å². The average Bonchev–Trinajstić information content (AvgIpc) is 3.12. The Bertz CT molecular complexity index is 503. The third-order valence-electron chi connectivity index (χ3n) is 3.11. The van der Waals surface area contributed by atoms with Crippen LogP contribution in [0.25, 0.3) is 0 Å². The van der Waals surface area contributed by atoms with Gasteiger partial charge < -0.3 is 5.32 Å². The molecule has 0 radical (unpaired) electrons. The van der Waals surface area contributed by atoms with Crippen molar-refractivity contribution in [2.24, 2.45) is 5.92 Å². The van der Waals surface area contributed by atoms with Crippen molar-refractivity contribution in [3.05, 3.63) is 33.9 Å². The lowest BCUT2D eigenvalue weighted by Crippen LogP contribution is -2.16. The fraction of sp³-hybridized carbons (Fsp3) is 0.462. The second-order valence-electron chi connectivity index (χ2n) is 4.83. The SMILES string of the molecule is CC(CC1CC1)Nc1cc(C#N)ccc1[N+](=O)[O-]. The van der Waals surface area contributed by atoms with Crippen LogP contribution in [0.3, 0.4) is 0 Å². The number of hydrogen-bond donors (Lipinski definition) is 1. The van der Waals surface area contributed by atoms with Gasteiger partial charge in [0.15, 0.2) is 0 Å². The van der Waals surface area contributed by atoms with E-state index in [9.17, 15) is 10.1 Å². The molecule has 0 spiro atoms. The topological polar surface area (TPSA) is 79.0 Å². The zero-order chi connectivity index (χ0) is 13.1. The van der Waals surface area contributed by atoms with Crippen LogP contribution in [0.5, 0.6) is 0 Å². The van der Waals surface area contributed by atoms with Gasteiger partial charge in [-0.1, -0.05) is 12.8 Å². The summed E-state index contributed by atoms with van der Waals surface area (Å²) in [6.07, 6.45) is 3.53. The Morgan fingerprint density at radius 2 is 2.33 bits per heavy atom. The fourth-order valence-corrected chi connectivity index (χ4v) is 2.06. The monoisotopic (exact) mass is 245 g/mol. The minimum absolute atomic E-state index is 0.0247. The highest BCUT2D eigenvalue weighted by atomic mass is 16.6. The zero-order valence-electron chi connectivity index (χ0n) is 10.2. The van der Waals surface area contributed by atoms with E-state index < -0.39 is 4.92 Å². The molecule has 1 aliphatic carbocycles. The van der Waals surface area contributed by atoms with E-state index in [-0.39, 0.29) is 11.7 Å². The molecule has 94 valence electrons. The summed E-state index contributed by atoms with van der Waals surface area (Å²) >= 11 is 0. The van der Waals surface area contributed by atoms with Crippen molar-refractivity contribution in [3.63, 3.8) is 0 Å². The van der Waals surface area contributed by atoms with Crippen molar-refractivity contribution < 1.29 is 4.92 Å². The number of benzene rings is 1. The van der Waals surface area contributed by atoms with E-state index in [1.54, 1.807) is 6.07 Å². The molecule has 1 saturated carbocycles. The van der Waals surface area contributed by atoms with Crippen molar-refractivity contribution in [1.29, 1.82) is 5.26 Å². The molecule has 0 saturated heterocycles. The molecule has 18 heavy (non-hydrogen) atoms. The Balaban J connectivity index is 2.17. The third-order valence-corrected chi connectivity index (χ3v) is 3.11. The second-order valence-corrected chi connectivity index (χ2v) is 4.83. The zero-order valence-corrected chi connectivity index (χ0v) is 10.2. The molecule has 0 aromatic heterocycles. The molecule has 0 bridgehead atoms. The number of nitro groups is 1. The Morgan fingerprint density at radius 3 is 2.89 bits per heavy atom. The van der Waals surface area contributed by atoms with Crippen LogP contribution >= 0.6 is 0 Å². The molecule has 1 aromatic rings. The lowest BCUT2D eigenvalue weighted by molar-refractivity contribution is -0.384. The normalized spacial score (nSPS) is 15.8. The van der Waals surface area contributed by atoms with E-state index in [1.165, 1.54) is 25.0 Å². The second kappa shape index (κ2) is 5.05. The summed E-state index contributed by atoms with van der Waals surface area (Å²) in [5.74, 6) is 0.755. The maximum atomic E-state index is 10.9. The van der Waals surface area contributed by atoms with Crippen LogP contribution < -0.4 is 5.32 Å². The predicted octanol–water partition coefficient (Wildman–Crippen LogP) is 3.07. The van der Waals surface area contributed by atoms with Crippen LogP contribution in [0.15, 0.2) is 18.2 Å². The van der Waals surface area contributed by atoms with E-state index in [0.717, 1.165) is 12.3 Å². The highest BCUT2D eigenvalue weighted by molar-refractivity contribution is 5.64. The minimum Gasteiger partial charge on any atom is -0.377 e. The van der Waals surface area contributed by atoms with Crippen molar-refractivity contribution in [2.45, 2.75) is 32.2 Å². The van der Waals surface area contributed by atoms with Gasteiger partial charge in [0.1, 0.15) is 5.69 Å². The highest BCUT2D eigenvalue weighted by Gasteiger charge is 2.24. The first kappa shape index (κ1) is 12.4. The van der Waals surface area contributed by atoms with Crippen molar-refractivity contribution in [2.75, 3.05) is 5.32 Å². The summed E-state index contributed by atoms with van der Waals surface area (Å²) in [6, 6.07) is 6.57. The molecule has 1 atom stereocenters. The number of nitrogens with zero attached hydrogens (tertiary/aromatic N) is 2. The van der Waals surface area contributed by atoms with Crippen molar-refractivity contribution in [3.8, 4) is 6.07 Å². The number of anilines is 1. The van der Waals surface area contributed by atoms with Crippen molar-refractivity contribution in [1.82, 2.24) is 0 Å². The van der Waals surface area contributed by atoms with Gasteiger partial charge in [-0.3, -0.25) is 10.1 Å². The first-order valence-corrected chi connectivity index (χ1v) is 6.05. The Morgan fingerprint density at radius 1 is 1.61 bits per heavy atom. The first-order chi connectivity index (χ1) is 8.60. The van der Waals surface area contributed by atoms with E-state index in [0.29, 0.717) is 11.3 Å². The molecular formula is C13H15N3O2. The van der Waals surface area contributed by atoms with Gasteiger partial charge in [0, 0.05) is 12.1 Å². The summed E-state index contributed by atoms with van der Waals surface area (Å²) in [5, 5.41) is 22.9. The summed E-state index contributed by atoms with van der Waals surface area (Å²) in [4.78, 5) is 10.5. The minimum atomic E-state index is -0.423. The number of rotatable bonds is 5. The van der Waals surface area contributed by atoms with Crippen LogP contribution in [0.4, 0.5) is 11.4 Å². The molecule has 1 unspecified atom stereocenters. The van der Waals surface area contributed by atoms with Gasteiger partial charge >= 0.3 is 0 Å². The Hall–Kier alpha value is -2.09. The summed E-state index contributed by atoms with van der Waals surface area (Å²) in [6.45, 7) is 2.01. The fourth-order valence-electron chi connectivity index (χ4n) is 2.06. The standard InChI is InChI=1S/C13H15N3O2/c1-9(6-10-2-3-10)15-12-7-11(8-14)4-5-13(12)16(17)18/h4-5,7,9-10,15H,2-3,6H2,1H3. The molecule has 1 N–H and O–H groups in total. The third kappa shape index (κ3) is 2.98. The Kier molecular flexibility index (Phi) is 3.47.